The predicted molar refractivity (Wildman–Crippen MR) is 89.5 cm³/mol. The first-order valence-electron chi connectivity index (χ1n) is 7.17. The van der Waals surface area contributed by atoms with Crippen LogP contribution in [0.4, 0.5) is 5.13 Å². The summed E-state index contributed by atoms with van der Waals surface area (Å²) in [5, 5.41) is 3.59. The van der Waals surface area contributed by atoms with Crippen LogP contribution < -0.4 is 5.32 Å². The molecule has 1 aliphatic rings. The van der Waals surface area contributed by atoms with Crippen molar-refractivity contribution in [1.82, 2.24) is 4.98 Å². The van der Waals surface area contributed by atoms with E-state index in [0.717, 1.165) is 17.7 Å². The minimum Gasteiger partial charge on any atom is -0.298 e. The topological polar surface area (TPSA) is 42.0 Å². The van der Waals surface area contributed by atoms with E-state index in [-0.39, 0.29) is 5.91 Å². The van der Waals surface area contributed by atoms with E-state index in [1.54, 1.807) is 11.3 Å². The molecule has 22 heavy (non-hydrogen) atoms. The average Bonchev–Trinajstić information content (AvgIpc) is 3.04. The van der Waals surface area contributed by atoms with Crippen LogP contribution in [0, 0.1) is 6.92 Å². The number of rotatable bonds is 2. The van der Waals surface area contributed by atoms with Crippen LogP contribution in [0.5, 0.6) is 0 Å². The number of hydrogen-bond acceptors (Lipinski definition) is 3. The summed E-state index contributed by atoms with van der Waals surface area (Å²) in [4.78, 5) is 18.1. The molecule has 4 heteroatoms. The number of carbonyl (C=O) groups is 1. The minimum atomic E-state index is -0.107. The van der Waals surface area contributed by atoms with Crippen LogP contribution in [-0.4, -0.2) is 10.9 Å². The Morgan fingerprint density at radius 2 is 2.05 bits per heavy atom. The number of carbonyl (C=O) groups excluding carboxylic acids is 1. The predicted octanol–water partition coefficient (Wildman–Crippen LogP) is 4.28. The van der Waals surface area contributed by atoms with Crippen LogP contribution in [0.25, 0.3) is 11.3 Å². The molecule has 0 atom stereocenters. The maximum atomic E-state index is 12.3. The first-order valence-corrected chi connectivity index (χ1v) is 7.98. The zero-order valence-electron chi connectivity index (χ0n) is 12.1. The molecule has 0 radical (unpaired) electrons. The lowest BCUT2D eigenvalue weighted by atomic mass is 10.1. The summed E-state index contributed by atoms with van der Waals surface area (Å²) < 4.78 is 0. The summed E-state index contributed by atoms with van der Waals surface area (Å²) in [6, 6.07) is 15.9. The highest BCUT2D eigenvalue weighted by Gasteiger charge is 2.23. The zero-order valence-corrected chi connectivity index (χ0v) is 12.9. The van der Waals surface area contributed by atoms with Crippen LogP contribution in [0.2, 0.25) is 0 Å². The minimum absolute atomic E-state index is 0.107. The van der Waals surface area contributed by atoms with E-state index in [1.807, 2.05) is 37.3 Å². The Morgan fingerprint density at radius 1 is 1.18 bits per heavy atom. The Hall–Kier alpha value is -2.46. The lowest BCUT2D eigenvalue weighted by molar-refractivity contribution is 0.102. The fourth-order valence-corrected chi connectivity index (χ4v) is 3.76. The summed E-state index contributed by atoms with van der Waals surface area (Å²) >= 11 is 1.56. The number of fused-ring (bicyclic) bond motifs is 3. The number of nitrogens with zero attached hydrogens (tertiary/aromatic N) is 1. The van der Waals surface area contributed by atoms with Gasteiger partial charge in [-0.3, -0.25) is 10.1 Å². The number of amides is 1. The number of benzene rings is 2. The van der Waals surface area contributed by atoms with Crippen molar-refractivity contribution in [1.29, 1.82) is 0 Å². The molecule has 0 spiro atoms. The van der Waals surface area contributed by atoms with Crippen LogP contribution in [0.1, 0.15) is 26.4 Å². The van der Waals surface area contributed by atoms with E-state index in [4.69, 9.17) is 0 Å². The largest absolute Gasteiger partial charge is 0.298 e. The smallest absolute Gasteiger partial charge is 0.257 e. The van der Waals surface area contributed by atoms with Gasteiger partial charge in [-0.05, 0) is 24.6 Å². The molecule has 3 nitrogen and oxygen atoms in total. The molecule has 1 N–H and O–H groups in total. The summed E-state index contributed by atoms with van der Waals surface area (Å²) in [6.45, 7) is 1.98. The van der Waals surface area contributed by atoms with Gasteiger partial charge in [0.2, 0.25) is 0 Å². The molecular formula is C18H14N2OS. The fraction of sp³-hybridized carbons (Fsp3) is 0.111. The van der Waals surface area contributed by atoms with Crippen molar-refractivity contribution in [2.75, 3.05) is 5.32 Å². The molecule has 4 rings (SSSR count). The number of thiazole rings is 1. The molecule has 0 aliphatic heterocycles. The lowest BCUT2D eigenvalue weighted by Crippen LogP contribution is -2.11. The van der Waals surface area contributed by atoms with Crippen molar-refractivity contribution < 1.29 is 4.79 Å². The van der Waals surface area contributed by atoms with Gasteiger partial charge in [-0.25, -0.2) is 4.98 Å². The number of nitrogens with one attached hydrogen (secondary N) is 1. The number of hydrogen-bond donors (Lipinski definition) is 1. The number of anilines is 1. The second kappa shape index (κ2) is 5.07. The van der Waals surface area contributed by atoms with Gasteiger partial charge in [0.25, 0.3) is 5.91 Å². The molecule has 1 heterocycles. The van der Waals surface area contributed by atoms with Crippen LogP contribution in [-0.2, 0) is 6.42 Å². The lowest BCUT2D eigenvalue weighted by Gasteiger charge is -2.03. The van der Waals surface area contributed by atoms with E-state index in [2.05, 4.69) is 28.5 Å². The third kappa shape index (κ3) is 2.22. The molecule has 3 aromatic rings. The van der Waals surface area contributed by atoms with Gasteiger partial charge in [-0.1, -0.05) is 42.0 Å². The van der Waals surface area contributed by atoms with E-state index in [0.29, 0.717) is 10.7 Å². The van der Waals surface area contributed by atoms with Crippen molar-refractivity contribution in [2.45, 2.75) is 13.3 Å². The Balaban J connectivity index is 1.61. The Labute approximate surface area is 132 Å². The molecular weight excluding hydrogens is 292 g/mol. The quantitative estimate of drug-likeness (QED) is 0.601. The second-order valence-corrected chi connectivity index (χ2v) is 6.53. The monoisotopic (exact) mass is 306 g/mol. The molecule has 1 aliphatic carbocycles. The third-order valence-electron chi connectivity index (χ3n) is 3.82. The molecule has 0 bridgehead atoms. The normalized spacial score (nSPS) is 11.9. The van der Waals surface area contributed by atoms with Gasteiger partial charge in [-0.15, -0.1) is 11.3 Å². The Morgan fingerprint density at radius 3 is 2.91 bits per heavy atom. The van der Waals surface area contributed by atoms with Gasteiger partial charge in [0, 0.05) is 22.4 Å². The van der Waals surface area contributed by atoms with Crippen molar-refractivity contribution in [3.05, 3.63) is 70.1 Å². The Kier molecular flexibility index (Phi) is 3.05. The average molecular weight is 306 g/mol. The second-order valence-electron chi connectivity index (χ2n) is 5.45. The summed E-state index contributed by atoms with van der Waals surface area (Å²) in [5.41, 5.74) is 5.25. The Bertz CT molecular complexity index is 882. The third-order valence-corrected chi connectivity index (χ3v) is 4.79. The van der Waals surface area contributed by atoms with Gasteiger partial charge < -0.3 is 0 Å². The fourth-order valence-electron chi connectivity index (χ4n) is 2.77. The van der Waals surface area contributed by atoms with E-state index in [9.17, 15) is 4.79 Å². The maximum Gasteiger partial charge on any atom is 0.257 e. The van der Waals surface area contributed by atoms with Gasteiger partial charge in [0.05, 0.1) is 5.69 Å². The van der Waals surface area contributed by atoms with Crippen molar-refractivity contribution in [2.24, 2.45) is 0 Å². The summed E-state index contributed by atoms with van der Waals surface area (Å²) in [5.74, 6) is -0.107. The molecule has 1 aromatic heterocycles. The zero-order chi connectivity index (χ0) is 15.1. The molecule has 0 fully saturated rings. The van der Waals surface area contributed by atoms with Gasteiger partial charge >= 0.3 is 0 Å². The number of aryl methyl sites for hydroxylation is 1. The van der Waals surface area contributed by atoms with Gasteiger partial charge in [-0.2, -0.15) is 0 Å². The van der Waals surface area contributed by atoms with E-state index >= 15 is 0 Å². The standard InChI is InChI=1S/C18H14N2OS/c1-11-5-4-7-13(9-11)17(21)20-18-19-16-14-8-3-2-6-12(14)10-15(16)22-18/h2-9H,10H2,1H3,(H,19,20,21). The van der Waals surface area contributed by atoms with E-state index in [1.165, 1.54) is 16.0 Å². The first-order chi connectivity index (χ1) is 10.7. The summed E-state index contributed by atoms with van der Waals surface area (Å²) in [6.07, 6.45) is 0.906. The highest BCUT2D eigenvalue weighted by Crippen LogP contribution is 2.40. The molecule has 1 amide bonds. The highest BCUT2D eigenvalue weighted by molar-refractivity contribution is 7.16. The highest BCUT2D eigenvalue weighted by atomic mass is 32.1. The first kappa shape index (κ1) is 13.2. The van der Waals surface area contributed by atoms with Gasteiger partial charge in [0.1, 0.15) is 0 Å². The summed E-state index contributed by atoms with van der Waals surface area (Å²) in [7, 11) is 0. The molecule has 0 saturated heterocycles. The van der Waals surface area contributed by atoms with Crippen molar-refractivity contribution in [3.8, 4) is 11.3 Å². The SMILES string of the molecule is Cc1cccc(C(=O)Nc2nc3c(s2)Cc2ccccc2-3)c1. The molecule has 2 aromatic carbocycles. The van der Waals surface area contributed by atoms with Gasteiger partial charge in [0.15, 0.2) is 5.13 Å². The van der Waals surface area contributed by atoms with Crippen molar-refractivity contribution in [3.63, 3.8) is 0 Å². The molecule has 0 unspecified atom stereocenters. The van der Waals surface area contributed by atoms with Crippen LogP contribution >= 0.6 is 11.3 Å². The maximum absolute atomic E-state index is 12.3. The molecule has 0 saturated carbocycles. The van der Waals surface area contributed by atoms with Crippen LogP contribution in [0.15, 0.2) is 48.5 Å². The van der Waals surface area contributed by atoms with Crippen LogP contribution in [0.3, 0.4) is 0 Å². The number of aromatic nitrogens is 1. The van der Waals surface area contributed by atoms with E-state index < -0.39 is 0 Å². The van der Waals surface area contributed by atoms with Crippen molar-refractivity contribution >= 4 is 22.4 Å². The molecule has 108 valence electrons.